The summed E-state index contributed by atoms with van der Waals surface area (Å²) in [5.41, 5.74) is 5.63. The van der Waals surface area contributed by atoms with Crippen LogP contribution in [0.5, 0.6) is 0 Å². The predicted octanol–water partition coefficient (Wildman–Crippen LogP) is 1.06. The predicted molar refractivity (Wildman–Crippen MR) is 63.3 cm³/mol. The van der Waals surface area contributed by atoms with Crippen molar-refractivity contribution in [3.8, 4) is 0 Å². The topological polar surface area (TPSA) is 64.7 Å². The third-order valence-electron chi connectivity index (χ3n) is 3.33. The SMILES string of the molecule is COCC(O)COC1(CN)CCCCCC1. The Balaban J connectivity index is 2.39. The summed E-state index contributed by atoms with van der Waals surface area (Å²) in [5.74, 6) is 0. The molecule has 1 saturated carbocycles. The molecule has 4 heteroatoms. The van der Waals surface area contributed by atoms with Crippen LogP contribution in [0.25, 0.3) is 0 Å². The minimum atomic E-state index is -0.545. The van der Waals surface area contributed by atoms with Gasteiger partial charge in [0.2, 0.25) is 0 Å². The first-order valence-electron chi connectivity index (χ1n) is 6.23. The van der Waals surface area contributed by atoms with E-state index in [0.717, 1.165) is 12.8 Å². The molecule has 3 N–H and O–H groups in total. The maximum Gasteiger partial charge on any atom is 0.101 e. The van der Waals surface area contributed by atoms with E-state index in [1.54, 1.807) is 7.11 Å². The van der Waals surface area contributed by atoms with E-state index >= 15 is 0 Å². The second-order valence-corrected chi connectivity index (χ2v) is 4.72. The van der Waals surface area contributed by atoms with Crippen LogP contribution in [0.2, 0.25) is 0 Å². The molecule has 0 aromatic rings. The van der Waals surface area contributed by atoms with Gasteiger partial charge >= 0.3 is 0 Å². The van der Waals surface area contributed by atoms with Crippen molar-refractivity contribution >= 4 is 0 Å². The summed E-state index contributed by atoms with van der Waals surface area (Å²) in [4.78, 5) is 0. The fraction of sp³-hybridized carbons (Fsp3) is 1.00. The van der Waals surface area contributed by atoms with Gasteiger partial charge in [0.25, 0.3) is 0 Å². The van der Waals surface area contributed by atoms with E-state index in [2.05, 4.69) is 0 Å². The smallest absolute Gasteiger partial charge is 0.101 e. The second kappa shape index (κ2) is 7.22. The van der Waals surface area contributed by atoms with Crippen molar-refractivity contribution in [2.24, 2.45) is 5.73 Å². The molecule has 96 valence electrons. The molecule has 0 aromatic carbocycles. The number of nitrogens with two attached hydrogens (primary N) is 1. The van der Waals surface area contributed by atoms with Crippen molar-refractivity contribution in [1.29, 1.82) is 0 Å². The van der Waals surface area contributed by atoms with Crippen LogP contribution in [0, 0.1) is 0 Å². The normalized spacial score (nSPS) is 22.7. The summed E-state index contributed by atoms with van der Waals surface area (Å²) < 4.78 is 10.7. The third-order valence-corrected chi connectivity index (χ3v) is 3.33. The maximum atomic E-state index is 9.57. The molecule has 0 aliphatic heterocycles. The summed E-state index contributed by atoms with van der Waals surface area (Å²) in [6, 6.07) is 0. The van der Waals surface area contributed by atoms with Crippen LogP contribution in [-0.2, 0) is 9.47 Å². The molecule has 0 amide bonds. The average Bonchev–Trinajstić information content (AvgIpc) is 2.53. The molecular formula is C12H25NO3. The second-order valence-electron chi connectivity index (χ2n) is 4.72. The molecule has 1 unspecified atom stereocenters. The quantitative estimate of drug-likeness (QED) is 0.671. The highest BCUT2D eigenvalue weighted by Gasteiger charge is 2.30. The largest absolute Gasteiger partial charge is 0.388 e. The number of methoxy groups -OCH3 is 1. The summed E-state index contributed by atoms with van der Waals surface area (Å²) >= 11 is 0. The lowest BCUT2D eigenvalue weighted by Crippen LogP contribution is -2.42. The summed E-state index contributed by atoms with van der Waals surface area (Å²) in [7, 11) is 1.58. The number of ether oxygens (including phenoxy) is 2. The van der Waals surface area contributed by atoms with Crippen LogP contribution in [0.3, 0.4) is 0 Å². The Morgan fingerprint density at radius 3 is 2.31 bits per heavy atom. The van der Waals surface area contributed by atoms with Gasteiger partial charge in [0.15, 0.2) is 0 Å². The van der Waals surface area contributed by atoms with Gasteiger partial charge in [0.1, 0.15) is 6.10 Å². The van der Waals surface area contributed by atoms with Gasteiger partial charge in [-0.25, -0.2) is 0 Å². The number of aliphatic hydroxyl groups is 1. The standard InChI is InChI=1S/C12H25NO3/c1-15-8-11(14)9-16-12(10-13)6-4-2-3-5-7-12/h11,14H,2-10,13H2,1H3. The van der Waals surface area contributed by atoms with Crippen molar-refractivity contribution in [2.75, 3.05) is 26.9 Å². The Labute approximate surface area is 98.1 Å². The van der Waals surface area contributed by atoms with Gasteiger partial charge < -0.3 is 20.3 Å². The van der Waals surface area contributed by atoms with E-state index in [-0.39, 0.29) is 5.60 Å². The molecule has 1 atom stereocenters. The highest BCUT2D eigenvalue weighted by molar-refractivity contribution is 4.84. The van der Waals surface area contributed by atoms with Crippen molar-refractivity contribution in [1.82, 2.24) is 0 Å². The fourth-order valence-electron chi connectivity index (χ4n) is 2.29. The van der Waals surface area contributed by atoms with E-state index in [4.69, 9.17) is 15.2 Å². The lowest BCUT2D eigenvalue weighted by atomic mass is 9.94. The van der Waals surface area contributed by atoms with E-state index in [0.29, 0.717) is 19.8 Å². The first-order chi connectivity index (χ1) is 7.72. The fourth-order valence-corrected chi connectivity index (χ4v) is 2.29. The van der Waals surface area contributed by atoms with Crippen molar-refractivity contribution in [3.05, 3.63) is 0 Å². The van der Waals surface area contributed by atoms with Crippen LogP contribution in [0.15, 0.2) is 0 Å². The number of hydrogen-bond donors (Lipinski definition) is 2. The molecule has 0 bridgehead atoms. The zero-order valence-corrected chi connectivity index (χ0v) is 10.3. The summed E-state index contributed by atoms with van der Waals surface area (Å²) in [6.45, 7) is 1.19. The number of rotatable bonds is 6. The highest BCUT2D eigenvalue weighted by Crippen LogP contribution is 2.29. The van der Waals surface area contributed by atoms with Crippen LogP contribution in [-0.4, -0.2) is 43.7 Å². The first kappa shape index (κ1) is 13.9. The zero-order chi connectivity index (χ0) is 11.9. The minimum absolute atomic E-state index is 0.203. The average molecular weight is 231 g/mol. The lowest BCUT2D eigenvalue weighted by molar-refractivity contribution is -0.0943. The van der Waals surface area contributed by atoms with Crippen LogP contribution in [0.4, 0.5) is 0 Å². The van der Waals surface area contributed by atoms with Crippen LogP contribution in [0.1, 0.15) is 38.5 Å². The van der Waals surface area contributed by atoms with Gasteiger partial charge in [-0.15, -0.1) is 0 Å². The minimum Gasteiger partial charge on any atom is -0.388 e. The van der Waals surface area contributed by atoms with Gasteiger partial charge in [-0.2, -0.15) is 0 Å². The van der Waals surface area contributed by atoms with Gasteiger partial charge in [0.05, 0.1) is 18.8 Å². The Morgan fingerprint density at radius 2 is 1.81 bits per heavy atom. The zero-order valence-electron chi connectivity index (χ0n) is 10.3. The van der Waals surface area contributed by atoms with E-state index < -0.39 is 6.10 Å². The Morgan fingerprint density at radius 1 is 1.19 bits per heavy atom. The van der Waals surface area contributed by atoms with Crippen LogP contribution >= 0.6 is 0 Å². The van der Waals surface area contributed by atoms with Crippen molar-refractivity contribution in [2.45, 2.75) is 50.2 Å². The molecule has 1 fully saturated rings. The van der Waals surface area contributed by atoms with Crippen LogP contribution < -0.4 is 5.73 Å². The Kier molecular flexibility index (Phi) is 6.28. The maximum absolute atomic E-state index is 9.57. The molecular weight excluding hydrogens is 206 g/mol. The molecule has 0 aromatic heterocycles. The van der Waals surface area contributed by atoms with E-state index in [1.807, 2.05) is 0 Å². The molecule has 16 heavy (non-hydrogen) atoms. The lowest BCUT2D eigenvalue weighted by Gasteiger charge is -2.32. The van der Waals surface area contributed by atoms with Crippen molar-refractivity contribution < 1.29 is 14.6 Å². The molecule has 0 radical (unpaired) electrons. The molecule has 1 aliphatic rings. The van der Waals surface area contributed by atoms with Gasteiger partial charge in [-0.05, 0) is 12.8 Å². The molecule has 1 rings (SSSR count). The monoisotopic (exact) mass is 231 g/mol. The number of hydrogen-bond acceptors (Lipinski definition) is 4. The Hall–Kier alpha value is -0.160. The molecule has 0 saturated heterocycles. The highest BCUT2D eigenvalue weighted by atomic mass is 16.5. The number of aliphatic hydroxyl groups excluding tert-OH is 1. The third kappa shape index (κ3) is 4.37. The molecule has 0 spiro atoms. The molecule has 4 nitrogen and oxygen atoms in total. The summed E-state index contributed by atoms with van der Waals surface area (Å²) in [6.07, 6.45) is 6.38. The molecule has 1 aliphatic carbocycles. The first-order valence-corrected chi connectivity index (χ1v) is 6.23. The van der Waals surface area contributed by atoms with Gasteiger partial charge in [0, 0.05) is 13.7 Å². The van der Waals surface area contributed by atoms with Crippen molar-refractivity contribution in [3.63, 3.8) is 0 Å². The summed E-state index contributed by atoms with van der Waals surface area (Å²) in [5, 5.41) is 9.57. The van der Waals surface area contributed by atoms with Gasteiger partial charge in [-0.3, -0.25) is 0 Å². The Bertz CT molecular complexity index is 179. The molecule has 0 heterocycles. The van der Waals surface area contributed by atoms with Gasteiger partial charge in [-0.1, -0.05) is 25.7 Å². The van der Waals surface area contributed by atoms with E-state index in [9.17, 15) is 5.11 Å². The van der Waals surface area contributed by atoms with E-state index in [1.165, 1.54) is 25.7 Å².